The third-order valence-corrected chi connectivity index (χ3v) is 8.40. The molecular formula is C28H27ClN2O6S2. The minimum atomic E-state index is -2.12. The summed E-state index contributed by atoms with van der Waals surface area (Å²) in [4.78, 5) is 41.3. The van der Waals surface area contributed by atoms with Crippen molar-refractivity contribution in [3.8, 4) is 0 Å². The highest BCUT2D eigenvalue weighted by Crippen LogP contribution is 2.32. The Labute approximate surface area is 237 Å². The van der Waals surface area contributed by atoms with Crippen molar-refractivity contribution >= 4 is 49.8 Å². The summed E-state index contributed by atoms with van der Waals surface area (Å²) in [5.41, 5.74) is 1.94. The monoisotopic (exact) mass is 586 g/mol. The summed E-state index contributed by atoms with van der Waals surface area (Å²) in [6.07, 6.45) is -1.01. The number of hydrogen-bond donors (Lipinski definition) is 1. The van der Waals surface area contributed by atoms with Gasteiger partial charge in [-0.1, -0.05) is 73.3 Å². The lowest BCUT2D eigenvalue weighted by molar-refractivity contribution is -0.164. The molecule has 204 valence electrons. The Morgan fingerprint density at radius 2 is 1.67 bits per heavy atom. The number of rotatable bonds is 12. The van der Waals surface area contributed by atoms with Gasteiger partial charge in [-0.3, -0.25) is 9.59 Å². The van der Waals surface area contributed by atoms with Gasteiger partial charge in [0.1, 0.15) is 22.7 Å². The average molecular weight is 587 g/mol. The van der Waals surface area contributed by atoms with E-state index in [9.17, 15) is 18.6 Å². The van der Waals surface area contributed by atoms with E-state index in [1.807, 2.05) is 53.9 Å². The quantitative estimate of drug-likeness (QED) is 0.147. The highest BCUT2D eigenvalue weighted by molar-refractivity contribution is 8.08. The van der Waals surface area contributed by atoms with Gasteiger partial charge in [0.05, 0.1) is 6.61 Å². The van der Waals surface area contributed by atoms with Crippen molar-refractivity contribution in [1.29, 1.82) is 0 Å². The fourth-order valence-electron chi connectivity index (χ4n) is 4.16. The summed E-state index contributed by atoms with van der Waals surface area (Å²) in [6.45, 7) is 5.53. The fraction of sp³-hybridized carbons (Fsp3) is 0.250. The molecule has 39 heavy (non-hydrogen) atoms. The molecule has 0 saturated carbocycles. The molecule has 0 spiro atoms. The van der Waals surface area contributed by atoms with E-state index in [1.165, 1.54) is 11.3 Å². The number of amides is 2. The molecule has 0 bridgehead atoms. The SMILES string of the molecule is C=C(C)C(C(=O)OCc1ccccc1)N1C(=O)C(NC(=O)C(OCc2ccccc2)c2cccs2)C1S(=O)Cl. The summed E-state index contributed by atoms with van der Waals surface area (Å²) in [5.74, 6) is -1.95. The van der Waals surface area contributed by atoms with Crippen LogP contribution in [-0.2, 0) is 47.1 Å². The van der Waals surface area contributed by atoms with Crippen LogP contribution in [0, 0.1) is 0 Å². The largest absolute Gasteiger partial charge is 0.459 e. The van der Waals surface area contributed by atoms with Crippen molar-refractivity contribution in [2.45, 2.75) is 43.7 Å². The molecule has 5 atom stereocenters. The molecule has 8 nitrogen and oxygen atoms in total. The molecule has 1 fully saturated rings. The van der Waals surface area contributed by atoms with Gasteiger partial charge in [0, 0.05) is 4.88 Å². The van der Waals surface area contributed by atoms with Crippen LogP contribution in [0.3, 0.4) is 0 Å². The van der Waals surface area contributed by atoms with Gasteiger partial charge >= 0.3 is 5.97 Å². The molecule has 2 amide bonds. The lowest BCUT2D eigenvalue weighted by Crippen LogP contribution is -2.75. The lowest BCUT2D eigenvalue weighted by atomic mass is 9.99. The molecule has 1 saturated heterocycles. The molecule has 4 rings (SSSR count). The summed E-state index contributed by atoms with van der Waals surface area (Å²) in [6, 6.07) is 19.5. The summed E-state index contributed by atoms with van der Waals surface area (Å²) < 4.78 is 23.9. The lowest BCUT2D eigenvalue weighted by Gasteiger charge is -2.48. The zero-order chi connectivity index (χ0) is 27.9. The predicted molar refractivity (Wildman–Crippen MR) is 150 cm³/mol. The first-order valence-electron chi connectivity index (χ1n) is 12.0. The van der Waals surface area contributed by atoms with E-state index in [0.29, 0.717) is 10.5 Å². The molecule has 1 aliphatic rings. The Balaban J connectivity index is 1.47. The maximum absolute atomic E-state index is 13.3. The number of nitrogens with zero attached hydrogens (tertiary/aromatic N) is 1. The molecule has 1 aliphatic heterocycles. The smallest absolute Gasteiger partial charge is 0.333 e. The predicted octanol–water partition coefficient (Wildman–Crippen LogP) is 4.25. The highest BCUT2D eigenvalue weighted by Gasteiger charge is 2.56. The van der Waals surface area contributed by atoms with E-state index in [1.54, 1.807) is 31.2 Å². The number of ether oxygens (including phenoxy) is 2. The van der Waals surface area contributed by atoms with Gasteiger partial charge in [0.15, 0.2) is 17.5 Å². The number of nitrogens with one attached hydrogen (secondary N) is 1. The van der Waals surface area contributed by atoms with E-state index < -0.39 is 51.4 Å². The normalized spacial score (nSPS) is 18.9. The van der Waals surface area contributed by atoms with Crippen LogP contribution in [0.2, 0.25) is 0 Å². The number of benzene rings is 2. The molecule has 0 aliphatic carbocycles. The molecule has 1 aromatic heterocycles. The zero-order valence-corrected chi connectivity index (χ0v) is 23.4. The highest BCUT2D eigenvalue weighted by atomic mass is 35.7. The van der Waals surface area contributed by atoms with Gasteiger partial charge in [-0.25, -0.2) is 9.00 Å². The first-order chi connectivity index (χ1) is 18.8. The number of esters is 1. The number of likely N-dealkylation sites (tertiary alicyclic amines) is 1. The van der Waals surface area contributed by atoms with Gasteiger partial charge in [-0.05, 0) is 45.8 Å². The van der Waals surface area contributed by atoms with E-state index in [2.05, 4.69) is 11.9 Å². The van der Waals surface area contributed by atoms with E-state index in [4.69, 9.17) is 20.2 Å². The van der Waals surface area contributed by atoms with Crippen LogP contribution in [0.4, 0.5) is 0 Å². The van der Waals surface area contributed by atoms with Crippen molar-refractivity contribution in [2.24, 2.45) is 0 Å². The van der Waals surface area contributed by atoms with E-state index >= 15 is 0 Å². The van der Waals surface area contributed by atoms with Crippen molar-refractivity contribution in [3.63, 3.8) is 0 Å². The molecule has 11 heteroatoms. The van der Waals surface area contributed by atoms with Crippen molar-refractivity contribution < 1.29 is 28.1 Å². The van der Waals surface area contributed by atoms with Crippen LogP contribution in [0.1, 0.15) is 29.0 Å². The average Bonchev–Trinajstić information content (AvgIpc) is 3.46. The number of halogens is 1. The molecule has 2 heterocycles. The molecular weight excluding hydrogens is 560 g/mol. The van der Waals surface area contributed by atoms with Crippen molar-refractivity contribution in [1.82, 2.24) is 10.2 Å². The third-order valence-electron chi connectivity index (χ3n) is 6.06. The topological polar surface area (TPSA) is 102 Å². The summed E-state index contributed by atoms with van der Waals surface area (Å²) >= 11 is 1.33. The maximum atomic E-state index is 13.3. The third kappa shape index (κ3) is 6.83. The Morgan fingerprint density at radius 1 is 1.05 bits per heavy atom. The Hall–Kier alpha value is -3.31. The summed E-state index contributed by atoms with van der Waals surface area (Å²) in [7, 11) is 3.86. The summed E-state index contributed by atoms with van der Waals surface area (Å²) in [5, 5.41) is 3.27. The van der Waals surface area contributed by atoms with E-state index in [0.717, 1.165) is 16.0 Å². The number of thiophene rings is 1. The van der Waals surface area contributed by atoms with Crippen molar-refractivity contribution in [3.05, 3.63) is 106 Å². The Morgan fingerprint density at radius 3 is 2.21 bits per heavy atom. The Kier molecular flexibility index (Phi) is 9.68. The number of carbonyl (C=O) groups is 3. The van der Waals surface area contributed by atoms with Gasteiger partial charge < -0.3 is 19.7 Å². The molecule has 5 unspecified atom stereocenters. The standard InChI is InChI=1S/C28H27ClN2O6S2/c1-18(2)23(28(34)37-17-20-12-7-4-8-13-20)31-26(33)22(27(31)39(29)35)30-25(32)24(21-14-9-15-38-21)36-16-19-10-5-3-6-11-19/h3-15,22-24,27H,1,16-17H2,2H3,(H,30,32). The fourth-order valence-corrected chi connectivity index (χ4v) is 6.30. The first-order valence-corrected chi connectivity index (χ1v) is 14.9. The second kappa shape index (κ2) is 13.2. The van der Waals surface area contributed by atoms with Crippen LogP contribution in [0.5, 0.6) is 0 Å². The van der Waals surface area contributed by atoms with Gasteiger partial charge in [-0.15, -0.1) is 11.3 Å². The van der Waals surface area contributed by atoms with Crippen LogP contribution < -0.4 is 5.32 Å². The molecule has 3 aromatic rings. The maximum Gasteiger partial charge on any atom is 0.333 e. The van der Waals surface area contributed by atoms with Crippen molar-refractivity contribution in [2.75, 3.05) is 0 Å². The van der Waals surface area contributed by atoms with E-state index in [-0.39, 0.29) is 13.2 Å². The van der Waals surface area contributed by atoms with Crippen LogP contribution >= 0.6 is 22.0 Å². The molecule has 1 N–H and O–H groups in total. The van der Waals surface area contributed by atoms with Crippen LogP contribution in [0.15, 0.2) is 90.3 Å². The van der Waals surface area contributed by atoms with Gasteiger partial charge in [0.2, 0.25) is 5.91 Å². The first kappa shape index (κ1) is 28.7. The number of carbonyl (C=O) groups excluding carboxylic acids is 3. The number of hydrogen-bond acceptors (Lipinski definition) is 7. The van der Waals surface area contributed by atoms with Gasteiger partial charge in [-0.2, -0.15) is 0 Å². The molecule has 2 aromatic carbocycles. The second-order valence-corrected chi connectivity index (χ2v) is 11.8. The van der Waals surface area contributed by atoms with Crippen LogP contribution in [0.25, 0.3) is 0 Å². The zero-order valence-electron chi connectivity index (χ0n) is 21.0. The molecule has 0 radical (unpaired) electrons. The minimum absolute atomic E-state index is 0.0124. The second-order valence-electron chi connectivity index (χ2n) is 8.90. The van der Waals surface area contributed by atoms with Crippen LogP contribution in [-0.4, -0.2) is 44.4 Å². The van der Waals surface area contributed by atoms with Gasteiger partial charge in [0.25, 0.3) is 5.91 Å². The minimum Gasteiger partial charge on any atom is -0.459 e. The number of β-lactam (4-membered cyclic amide) rings is 1. The Bertz CT molecular complexity index is 1340.